The Kier molecular flexibility index (Phi) is 5.55. The van der Waals surface area contributed by atoms with Crippen LogP contribution in [0.15, 0.2) is 18.2 Å². The number of benzene rings is 1. The summed E-state index contributed by atoms with van der Waals surface area (Å²) < 4.78 is 15.4. The molecule has 5 heteroatoms. The third kappa shape index (κ3) is 3.98. The Labute approximate surface area is 99.7 Å². The summed E-state index contributed by atoms with van der Waals surface area (Å²) in [5.74, 6) is 0.551. The van der Waals surface area contributed by atoms with Crippen molar-refractivity contribution in [2.75, 3.05) is 13.9 Å². The van der Waals surface area contributed by atoms with Crippen molar-refractivity contribution in [3.63, 3.8) is 0 Å². The molecule has 90 valence electrons. The largest absolute Gasteiger partial charge is 0.467 e. The lowest BCUT2D eigenvalue weighted by molar-refractivity contribution is -0.149. The van der Waals surface area contributed by atoms with Crippen LogP contribution in [-0.2, 0) is 16.1 Å². The predicted molar refractivity (Wildman–Crippen MR) is 60.4 cm³/mol. The van der Waals surface area contributed by atoms with E-state index >= 15 is 0 Å². The third-order valence-corrected chi connectivity index (χ3v) is 2.28. The second kappa shape index (κ2) is 6.70. The molecule has 0 aliphatic rings. The van der Waals surface area contributed by atoms with Gasteiger partial charge in [0.25, 0.3) is 0 Å². The second-order valence-electron chi connectivity index (χ2n) is 3.14. The van der Waals surface area contributed by atoms with E-state index in [1.54, 1.807) is 32.2 Å². The molecule has 0 spiro atoms. The summed E-state index contributed by atoms with van der Waals surface area (Å²) in [5, 5.41) is 9.65. The number of aliphatic hydroxyl groups excluding tert-OH is 1. The molecule has 0 aliphatic heterocycles. The maximum absolute atomic E-state index is 9.09. The standard InChI is InChI=1S/C11H15ClO4/c1-8(14-2)15-7-16-11-4-3-10(12)5-9(11)6-13/h3-5,8,13H,6-7H2,1-2H3. The Bertz CT molecular complexity index is 330. The highest BCUT2D eigenvalue weighted by molar-refractivity contribution is 6.30. The lowest BCUT2D eigenvalue weighted by Crippen LogP contribution is -2.14. The van der Waals surface area contributed by atoms with Gasteiger partial charge in [0.1, 0.15) is 5.75 Å². The van der Waals surface area contributed by atoms with Crippen molar-refractivity contribution < 1.29 is 19.3 Å². The highest BCUT2D eigenvalue weighted by atomic mass is 35.5. The van der Waals surface area contributed by atoms with Crippen molar-refractivity contribution in [1.29, 1.82) is 0 Å². The van der Waals surface area contributed by atoms with Gasteiger partial charge in [-0.05, 0) is 25.1 Å². The number of hydrogen-bond acceptors (Lipinski definition) is 4. The first kappa shape index (κ1) is 13.3. The van der Waals surface area contributed by atoms with Crippen LogP contribution >= 0.6 is 11.6 Å². The van der Waals surface area contributed by atoms with Crippen LogP contribution in [0.5, 0.6) is 5.75 Å². The van der Waals surface area contributed by atoms with E-state index in [1.807, 2.05) is 0 Å². The van der Waals surface area contributed by atoms with Gasteiger partial charge in [0.15, 0.2) is 13.1 Å². The van der Waals surface area contributed by atoms with Crippen LogP contribution in [0, 0.1) is 0 Å². The molecule has 0 amide bonds. The van der Waals surface area contributed by atoms with Crippen LogP contribution in [0.1, 0.15) is 12.5 Å². The smallest absolute Gasteiger partial charge is 0.191 e. The predicted octanol–water partition coefficient (Wildman–Crippen LogP) is 2.18. The highest BCUT2D eigenvalue weighted by Gasteiger charge is 2.05. The van der Waals surface area contributed by atoms with Gasteiger partial charge in [-0.2, -0.15) is 0 Å². The zero-order valence-electron chi connectivity index (χ0n) is 9.27. The number of rotatable bonds is 6. The Morgan fingerprint density at radius 2 is 2.19 bits per heavy atom. The molecule has 0 aromatic heterocycles. The molecule has 0 aliphatic carbocycles. The van der Waals surface area contributed by atoms with Gasteiger partial charge in [0, 0.05) is 17.7 Å². The summed E-state index contributed by atoms with van der Waals surface area (Å²) in [6.07, 6.45) is -0.329. The molecule has 1 aromatic rings. The van der Waals surface area contributed by atoms with Crippen LogP contribution in [0.3, 0.4) is 0 Å². The topological polar surface area (TPSA) is 47.9 Å². The van der Waals surface area contributed by atoms with Crippen molar-refractivity contribution in [2.45, 2.75) is 19.8 Å². The number of aliphatic hydroxyl groups is 1. The Hall–Kier alpha value is -0.810. The molecule has 1 atom stereocenters. The molecular formula is C11H15ClO4. The zero-order valence-corrected chi connectivity index (χ0v) is 10.0. The van der Waals surface area contributed by atoms with E-state index in [4.69, 9.17) is 30.9 Å². The number of hydrogen-bond donors (Lipinski definition) is 1. The van der Waals surface area contributed by atoms with Crippen molar-refractivity contribution in [3.05, 3.63) is 28.8 Å². The van der Waals surface area contributed by atoms with Crippen LogP contribution in [-0.4, -0.2) is 25.3 Å². The monoisotopic (exact) mass is 246 g/mol. The van der Waals surface area contributed by atoms with Crippen LogP contribution in [0.2, 0.25) is 5.02 Å². The molecular weight excluding hydrogens is 232 g/mol. The van der Waals surface area contributed by atoms with E-state index in [9.17, 15) is 0 Å². The summed E-state index contributed by atoms with van der Waals surface area (Å²) in [5.41, 5.74) is 0.626. The van der Waals surface area contributed by atoms with E-state index in [0.717, 1.165) is 0 Å². The van der Waals surface area contributed by atoms with Crippen molar-refractivity contribution >= 4 is 11.6 Å². The minimum absolute atomic E-state index is 0.0592. The van der Waals surface area contributed by atoms with E-state index < -0.39 is 0 Å². The zero-order chi connectivity index (χ0) is 12.0. The fraction of sp³-hybridized carbons (Fsp3) is 0.455. The van der Waals surface area contributed by atoms with Crippen molar-refractivity contribution in [1.82, 2.24) is 0 Å². The quantitative estimate of drug-likeness (QED) is 0.782. The number of ether oxygens (including phenoxy) is 3. The van der Waals surface area contributed by atoms with Crippen LogP contribution in [0.4, 0.5) is 0 Å². The molecule has 1 rings (SSSR count). The van der Waals surface area contributed by atoms with E-state index in [0.29, 0.717) is 16.3 Å². The van der Waals surface area contributed by atoms with Gasteiger partial charge >= 0.3 is 0 Å². The molecule has 4 nitrogen and oxygen atoms in total. The summed E-state index contributed by atoms with van der Waals surface area (Å²) in [4.78, 5) is 0. The average Bonchev–Trinajstić information content (AvgIpc) is 2.30. The van der Waals surface area contributed by atoms with Gasteiger partial charge in [-0.1, -0.05) is 11.6 Å². The molecule has 1 aromatic carbocycles. The number of methoxy groups -OCH3 is 1. The maximum Gasteiger partial charge on any atom is 0.191 e. The molecule has 0 saturated heterocycles. The third-order valence-electron chi connectivity index (χ3n) is 2.04. The normalized spacial score (nSPS) is 12.5. The van der Waals surface area contributed by atoms with E-state index in [2.05, 4.69) is 0 Å². The molecule has 1 unspecified atom stereocenters. The fourth-order valence-electron chi connectivity index (χ4n) is 1.07. The molecule has 0 radical (unpaired) electrons. The second-order valence-corrected chi connectivity index (χ2v) is 3.58. The average molecular weight is 247 g/mol. The Balaban J connectivity index is 2.53. The van der Waals surface area contributed by atoms with Crippen molar-refractivity contribution in [2.24, 2.45) is 0 Å². The summed E-state index contributed by atoms with van der Waals surface area (Å²) in [6, 6.07) is 5.03. The molecule has 16 heavy (non-hydrogen) atoms. The van der Waals surface area contributed by atoms with Gasteiger partial charge in [-0.25, -0.2) is 0 Å². The van der Waals surface area contributed by atoms with E-state index in [-0.39, 0.29) is 19.7 Å². The summed E-state index contributed by atoms with van der Waals surface area (Å²) >= 11 is 5.78. The molecule has 0 heterocycles. The molecule has 1 N–H and O–H groups in total. The van der Waals surface area contributed by atoms with Gasteiger partial charge < -0.3 is 19.3 Å². The lowest BCUT2D eigenvalue weighted by atomic mass is 10.2. The minimum atomic E-state index is -0.329. The van der Waals surface area contributed by atoms with E-state index in [1.165, 1.54) is 0 Å². The lowest BCUT2D eigenvalue weighted by Gasteiger charge is -2.13. The van der Waals surface area contributed by atoms with Gasteiger partial charge in [-0.3, -0.25) is 0 Å². The SMILES string of the molecule is COC(C)OCOc1ccc(Cl)cc1CO. The molecule has 0 saturated carbocycles. The van der Waals surface area contributed by atoms with Gasteiger partial charge in [-0.15, -0.1) is 0 Å². The van der Waals surface area contributed by atoms with Gasteiger partial charge in [0.2, 0.25) is 0 Å². The first-order valence-corrected chi connectivity index (χ1v) is 5.21. The Morgan fingerprint density at radius 3 is 2.81 bits per heavy atom. The first-order chi connectivity index (χ1) is 7.67. The summed E-state index contributed by atoms with van der Waals surface area (Å²) in [6.45, 7) is 1.69. The summed E-state index contributed by atoms with van der Waals surface area (Å²) in [7, 11) is 1.55. The highest BCUT2D eigenvalue weighted by Crippen LogP contribution is 2.22. The molecule has 0 bridgehead atoms. The number of halogens is 1. The van der Waals surface area contributed by atoms with Crippen LogP contribution in [0.25, 0.3) is 0 Å². The maximum atomic E-state index is 9.09. The van der Waals surface area contributed by atoms with Crippen molar-refractivity contribution in [3.8, 4) is 5.75 Å². The molecule has 0 fully saturated rings. The first-order valence-electron chi connectivity index (χ1n) is 4.84. The Morgan fingerprint density at radius 1 is 1.44 bits per heavy atom. The van der Waals surface area contributed by atoms with Crippen LogP contribution < -0.4 is 4.74 Å². The van der Waals surface area contributed by atoms with Gasteiger partial charge in [0.05, 0.1) is 6.61 Å². The fourth-order valence-corrected chi connectivity index (χ4v) is 1.27. The minimum Gasteiger partial charge on any atom is -0.467 e.